The number of aromatic nitrogens is 3. The van der Waals surface area contributed by atoms with Crippen LogP contribution in [0.2, 0.25) is 0 Å². The molecule has 0 unspecified atom stereocenters. The molecule has 0 aromatic carbocycles. The molecular weight excluding hydrogens is 209 g/mol. The summed E-state index contributed by atoms with van der Waals surface area (Å²) in [4.78, 5) is 4.09. The Morgan fingerprint density at radius 3 is 2.81 bits per heavy atom. The highest BCUT2D eigenvalue weighted by atomic mass is 16.6. The van der Waals surface area contributed by atoms with Crippen molar-refractivity contribution in [3.05, 3.63) is 36.3 Å². The van der Waals surface area contributed by atoms with Crippen LogP contribution < -0.4 is 4.65 Å². The van der Waals surface area contributed by atoms with Crippen LogP contribution in [0.5, 0.6) is 5.75 Å². The molecule has 0 bridgehead atoms. The minimum Gasteiger partial charge on any atom is -0.510 e. The van der Waals surface area contributed by atoms with Crippen molar-refractivity contribution in [1.29, 1.82) is 0 Å². The van der Waals surface area contributed by atoms with E-state index in [1.807, 2.05) is 0 Å². The molecule has 7 heteroatoms. The maximum atomic E-state index is 8.67. The van der Waals surface area contributed by atoms with E-state index in [1.165, 1.54) is 6.20 Å². The van der Waals surface area contributed by atoms with Crippen LogP contribution in [0.15, 0.2) is 30.7 Å². The Bertz CT molecular complexity index is 473. The average Bonchev–Trinajstić information content (AvgIpc) is 2.73. The van der Waals surface area contributed by atoms with Crippen molar-refractivity contribution in [3.8, 4) is 11.6 Å². The first-order chi connectivity index (χ1) is 7.66. The average molecular weight is 219 g/mol. The Balaban J connectivity index is 2.29. The first-order valence-corrected chi connectivity index (χ1v) is 4.66. The number of hydrogen-bond acceptors (Lipinski definition) is 5. The monoisotopic (exact) mass is 219 g/mol. The van der Waals surface area contributed by atoms with Crippen molar-refractivity contribution in [2.75, 3.05) is 0 Å². The lowest BCUT2D eigenvalue weighted by Gasteiger charge is -2.08. The molecule has 0 radical (unpaired) electrons. The number of aryl methyl sites for hydroxylation is 1. The van der Waals surface area contributed by atoms with Crippen LogP contribution >= 0.6 is 0 Å². The summed E-state index contributed by atoms with van der Waals surface area (Å²) >= 11 is 0. The van der Waals surface area contributed by atoms with Crippen molar-refractivity contribution < 1.29 is 14.7 Å². The van der Waals surface area contributed by atoms with Crippen LogP contribution in [0.1, 0.15) is 5.56 Å². The van der Waals surface area contributed by atoms with Gasteiger partial charge in [0.25, 0.3) is 0 Å². The summed E-state index contributed by atoms with van der Waals surface area (Å²) in [6.45, 7) is 1.78. The lowest BCUT2D eigenvalue weighted by Crippen LogP contribution is -2.21. The standard InChI is InChI=1S/C9H10BN3O3/c1-7-5-9(13-4-2-3-12-13)11-6-8(7)16-10(14)15/h2-6,14-15H,1H3. The van der Waals surface area contributed by atoms with Gasteiger partial charge in [-0.05, 0) is 24.6 Å². The number of hydrogen-bond donors (Lipinski definition) is 2. The van der Waals surface area contributed by atoms with Crippen molar-refractivity contribution in [3.63, 3.8) is 0 Å². The van der Waals surface area contributed by atoms with E-state index in [0.29, 0.717) is 11.6 Å². The van der Waals surface area contributed by atoms with Gasteiger partial charge in [0.15, 0.2) is 5.82 Å². The summed E-state index contributed by atoms with van der Waals surface area (Å²) < 4.78 is 6.34. The molecule has 82 valence electrons. The molecule has 0 atom stereocenters. The number of pyridine rings is 1. The molecule has 2 aromatic heterocycles. The van der Waals surface area contributed by atoms with E-state index < -0.39 is 7.32 Å². The Hall–Kier alpha value is -1.86. The first-order valence-electron chi connectivity index (χ1n) is 4.66. The van der Waals surface area contributed by atoms with E-state index >= 15 is 0 Å². The Labute approximate surface area is 92.3 Å². The fourth-order valence-corrected chi connectivity index (χ4v) is 1.30. The number of nitrogens with zero attached hydrogens (tertiary/aromatic N) is 3. The highest BCUT2D eigenvalue weighted by Gasteiger charge is 2.13. The molecule has 2 aromatic rings. The molecule has 0 amide bonds. The van der Waals surface area contributed by atoms with Gasteiger partial charge in [0.2, 0.25) is 0 Å². The van der Waals surface area contributed by atoms with Gasteiger partial charge in [-0.15, -0.1) is 0 Å². The lowest BCUT2D eigenvalue weighted by molar-refractivity contribution is 0.287. The van der Waals surface area contributed by atoms with Crippen molar-refractivity contribution in [2.24, 2.45) is 0 Å². The van der Waals surface area contributed by atoms with E-state index in [-0.39, 0.29) is 0 Å². The quantitative estimate of drug-likeness (QED) is 0.706. The summed E-state index contributed by atoms with van der Waals surface area (Å²) in [5.74, 6) is 0.966. The van der Waals surface area contributed by atoms with E-state index in [9.17, 15) is 0 Å². The molecule has 0 aliphatic rings. The Morgan fingerprint density at radius 2 is 2.25 bits per heavy atom. The second-order valence-electron chi connectivity index (χ2n) is 3.20. The van der Waals surface area contributed by atoms with Crippen molar-refractivity contribution in [1.82, 2.24) is 14.8 Å². The van der Waals surface area contributed by atoms with Gasteiger partial charge in [-0.1, -0.05) is 0 Å². The topological polar surface area (TPSA) is 80.4 Å². The summed E-state index contributed by atoms with van der Waals surface area (Å²) in [5, 5.41) is 21.4. The second kappa shape index (κ2) is 4.34. The molecule has 0 spiro atoms. The minimum atomic E-state index is -1.84. The normalized spacial score (nSPS) is 10.2. The summed E-state index contributed by atoms with van der Waals surface area (Å²) in [6, 6.07) is 3.53. The molecule has 0 aliphatic heterocycles. The van der Waals surface area contributed by atoms with Crippen LogP contribution in [0.4, 0.5) is 0 Å². The van der Waals surface area contributed by atoms with Crippen LogP contribution in [-0.2, 0) is 0 Å². The van der Waals surface area contributed by atoms with Gasteiger partial charge < -0.3 is 14.7 Å². The van der Waals surface area contributed by atoms with E-state index in [1.54, 1.807) is 36.1 Å². The fourth-order valence-electron chi connectivity index (χ4n) is 1.30. The highest BCUT2D eigenvalue weighted by molar-refractivity contribution is 6.33. The van der Waals surface area contributed by atoms with Crippen LogP contribution in [-0.4, -0.2) is 32.1 Å². The highest BCUT2D eigenvalue weighted by Crippen LogP contribution is 2.18. The fraction of sp³-hybridized carbons (Fsp3) is 0.111. The largest absolute Gasteiger partial charge is 0.707 e. The molecule has 2 N–H and O–H groups in total. The Kier molecular flexibility index (Phi) is 2.89. The maximum absolute atomic E-state index is 8.67. The van der Waals surface area contributed by atoms with Gasteiger partial charge in [0.05, 0.1) is 6.20 Å². The van der Waals surface area contributed by atoms with Gasteiger partial charge in [0.1, 0.15) is 5.75 Å². The third-order valence-electron chi connectivity index (χ3n) is 2.02. The van der Waals surface area contributed by atoms with E-state index in [2.05, 4.69) is 10.1 Å². The molecular formula is C9H10BN3O3. The second-order valence-corrected chi connectivity index (χ2v) is 3.20. The maximum Gasteiger partial charge on any atom is 0.707 e. The minimum absolute atomic E-state index is 0.325. The summed E-state index contributed by atoms with van der Waals surface area (Å²) in [5.41, 5.74) is 0.744. The van der Waals surface area contributed by atoms with Crippen LogP contribution in [0.3, 0.4) is 0 Å². The van der Waals surface area contributed by atoms with E-state index in [4.69, 9.17) is 14.7 Å². The molecule has 0 saturated heterocycles. The van der Waals surface area contributed by atoms with Gasteiger partial charge >= 0.3 is 7.32 Å². The lowest BCUT2D eigenvalue weighted by atomic mass is 10.2. The van der Waals surface area contributed by atoms with Crippen LogP contribution in [0, 0.1) is 6.92 Å². The van der Waals surface area contributed by atoms with Gasteiger partial charge in [-0.3, -0.25) is 0 Å². The molecule has 6 nitrogen and oxygen atoms in total. The van der Waals surface area contributed by atoms with Crippen molar-refractivity contribution >= 4 is 7.32 Å². The zero-order valence-corrected chi connectivity index (χ0v) is 8.61. The summed E-state index contributed by atoms with van der Waals surface area (Å²) in [7, 11) is -1.84. The summed E-state index contributed by atoms with van der Waals surface area (Å²) in [6.07, 6.45) is 4.84. The van der Waals surface area contributed by atoms with Crippen molar-refractivity contribution in [2.45, 2.75) is 6.92 Å². The van der Waals surface area contributed by atoms with Gasteiger partial charge in [-0.25, -0.2) is 9.67 Å². The Morgan fingerprint density at radius 1 is 1.44 bits per heavy atom. The predicted molar refractivity (Wildman–Crippen MR) is 56.9 cm³/mol. The SMILES string of the molecule is Cc1cc(-n2cccn2)ncc1OB(O)O. The molecule has 0 aliphatic carbocycles. The third kappa shape index (κ3) is 2.21. The molecule has 0 fully saturated rings. The van der Waals surface area contributed by atoms with Gasteiger partial charge in [-0.2, -0.15) is 5.10 Å². The smallest absolute Gasteiger partial charge is 0.510 e. The van der Waals surface area contributed by atoms with E-state index in [0.717, 1.165) is 5.56 Å². The van der Waals surface area contributed by atoms with Gasteiger partial charge in [0, 0.05) is 12.4 Å². The zero-order valence-electron chi connectivity index (χ0n) is 8.61. The number of rotatable bonds is 3. The molecule has 2 rings (SSSR count). The third-order valence-corrected chi connectivity index (χ3v) is 2.02. The molecule has 2 heterocycles. The first kappa shape index (κ1) is 10.7. The molecule has 0 saturated carbocycles. The zero-order chi connectivity index (χ0) is 11.5. The van der Waals surface area contributed by atoms with Crippen LogP contribution in [0.25, 0.3) is 5.82 Å². The predicted octanol–water partition coefficient (Wildman–Crippen LogP) is -0.0760. The molecule has 16 heavy (non-hydrogen) atoms.